The first kappa shape index (κ1) is 11.8. The zero-order valence-corrected chi connectivity index (χ0v) is 12.0. The van der Waals surface area contributed by atoms with Gasteiger partial charge in [-0.1, -0.05) is 78.9 Å². The molecule has 0 N–H and O–H groups in total. The van der Waals surface area contributed by atoms with E-state index in [0.717, 1.165) is 0 Å². The third kappa shape index (κ3) is 1.52. The molecule has 1 radical (unpaired) electrons. The van der Waals surface area contributed by atoms with Gasteiger partial charge in [-0.05, 0) is 49.5 Å². The van der Waals surface area contributed by atoms with Gasteiger partial charge in [0, 0.05) is 0 Å². The number of hydrogen-bond donors (Lipinski definition) is 0. The molecule has 22 heavy (non-hydrogen) atoms. The van der Waals surface area contributed by atoms with E-state index in [1.54, 1.807) is 0 Å². The van der Waals surface area contributed by atoms with Crippen LogP contribution in [0.5, 0.6) is 0 Å². The highest BCUT2D eigenvalue weighted by atomic mass is 14.1. The first-order valence-corrected chi connectivity index (χ1v) is 7.56. The summed E-state index contributed by atoms with van der Waals surface area (Å²) in [4.78, 5) is 0. The Bertz CT molecular complexity index is 1100. The van der Waals surface area contributed by atoms with Gasteiger partial charge in [0.1, 0.15) is 0 Å². The minimum Gasteiger partial charge on any atom is -0.0622 e. The van der Waals surface area contributed by atoms with Crippen molar-refractivity contribution in [1.82, 2.24) is 0 Å². The Morgan fingerprint density at radius 3 is 2.09 bits per heavy atom. The molecule has 0 fully saturated rings. The molecular formula is C22H13. The van der Waals surface area contributed by atoms with Crippen LogP contribution in [0.2, 0.25) is 0 Å². The Morgan fingerprint density at radius 1 is 0.545 bits per heavy atom. The fraction of sp³-hybridized carbons (Fsp3) is 0. The summed E-state index contributed by atoms with van der Waals surface area (Å²) in [6.07, 6.45) is 0. The summed E-state index contributed by atoms with van der Waals surface area (Å²) in [5.74, 6) is 0. The molecule has 0 aliphatic rings. The van der Waals surface area contributed by atoms with Crippen LogP contribution < -0.4 is 0 Å². The van der Waals surface area contributed by atoms with Crippen molar-refractivity contribution in [1.29, 1.82) is 0 Å². The van der Waals surface area contributed by atoms with Crippen molar-refractivity contribution in [3.63, 3.8) is 0 Å². The summed E-state index contributed by atoms with van der Waals surface area (Å²) in [6, 6.07) is 31.7. The molecule has 5 aromatic rings. The van der Waals surface area contributed by atoms with Crippen LogP contribution in [0.4, 0.5) is 0 Å². The minimum absolute atomic E-state index is 1.19. The summed E-state index contributed by atoms with van der Waals surface area (Å²) >= 11 is 0. The molecule has 0 aliphatic heterocycles. The SMILES string of the molecule is [c]1c(-c2ccccc2)c2cccc3ccc4cccc1c4c32. The molecule has 0 spiro atoms. The first-order valence-electron chi connectivity index (χ1n) is 7.56. The van der Waals surface area contributed by atoms with E-state index in [0.29, 0.717) is 0 Å². The Kier molecular flexibility index (Phi) is 2.31. The van der Waals surface area contributed by atoms with Crippen LogP contribution in [0.25, 0.3) is 43.4 Å². The molecule has 0 aliphatic carbocycles. The second-order valence-corrected chi connectivity index (χ2v) is 5.74. The second-order valence-electron chi connectivity index (χ2n) is 5.74. The maximum atomic E-state index is 3.65. The maximum Gasteiger partial charge on any atom is -0.000741 e. The lowest BCUT2D eigenvalue weighted by molar-refractivity contribution is 1.66. The van der Waals surface area contributed by atoms with Crippen molar-refractivity contribution >= 4 is 32.3 Å². The van der Waals surface area contributed by atoms with Crippen LogP contribution in [0.15, 0.2) is 78.9 Å². The topological polar surface area (TPSA) is 0 Å². The second kappa shape index (κ2) is 4.32. The molecule has 0 bridgehead atoms. The van der Waals surface area contributed by atoms with Crippen LogP contribution in [0.3, 0.4) is 0 Å². The van der Waals surface area contributed by atoms with Crippen molar-refractivity contribution in [2.24, 2.45) is 0 Å². The van der Waals surface area contributed by atoms with Gasteiger partial charge in [-0.25, -0.2) is 0 Å². The molecule has 0 saturated heterocycles. The third-order valence-corrected chi connectivity index (χ3v) is 4.48. The highest BCUT2D eigenvalue weighted by Crippen LogP contribution is 2.39. The molecule has 101 valence electrons. The summed E-state index contributed by atoms with van der Waals surface area (Å²) < 4.78 is 0. The zero-order valence-electron chi connectivity index (χ0n) is 12.0. The normalized spacial score (nSPS) is 11.6. The number of hydrogen-bond acceptors (Lipinski definition) is 0. The van der Waals surface area contributed by atoms with E-state index in [2.05, 4.69) is 84.9 Å². The first-order chi connectivity index (χ1) is 10.9. The van der Waals surface area contributed by atoms with Crippen LogP contribution in [0, 0.1) is 6.07 Å². The van der Waals surface area contributed by atoms with Gasteiger partial charge in [-0.2, -0.15) is 0 Å². The van der Waals surface area contributed by atoms with Crippen molar-refractivity contribution in [3.8, 4) is 11.1 Å². The summed E-state index contributed by atoms with van der Waals surface area (Å²) in [6.45, 7) is 0. The van der Waals surface area contributed by atoms with Crippen LogP contribution in [-0.4, -0.2) is 0 Å². The van der Waals surface area contributed by atoms with E-state index >= 15 is 0 Å². The van der Waals surface area contributed by atoms with Gasteiger partial charge in [-0.15, -0.1) is 0 Å². The molecule has 0 unspecified atom stereocenters. The van der Waals surface area contributed by atoms with E-state index < -0.39 is 0 Å². The molecule has 0 nitrogen and oxygen atoms in total. The Morgan fingerprint density at radius 2 is 1.27 bits per heavy atom. The van der Waals surface area contributed by atoms with Crippen molar-refractivity contribution < 1.29 is 0 Å². The van der Waals surface area contributed by atoms with Crippen LogP contribution in [0.1, 0.15) is 0 Å². The third-order valence-electron chi connectivity index (χ3n) is 4.48. The fourth-order valence-electron chi connectivity index (χ4n) is 3.50. The molecule has 0 heterocycles. The van der Waals surface area contributed by atoms with Gasteiger partial charge in [-0.3, -0.25) is 0 Å². The smallest absolute Gasteiger partial charge is 0.000741 e. The highest BCUT2D eigenvalue weighted by molar-refractivity contribution is 6.25. The van der Waals surface area contributed by atoms with Crippen molar-refractivity contribution in [3.05, 3.63) is 84.9 Å². The van der Waals surface area contributed by atoms with E-state index in [4.69, 9.17) is 0 Å². The molecule has 0 aromatic heterocycles. The fourth-order valence-corrected chi connectivity index (χ4v) is 3.50. The summed E-state index contributed by atoms with van der Waals surface area (Å²) in [7, 11) is 0. The summed E-state index contributed by atoms with van der Waals surface area (Å²) in [5, 5.41) is 7.75. The van der Waals surface area contributed by atoms with E-state index in [-0.39, 0.29) is 0 Å². The van der Waals surface area contributed by atoms with Gasteiger partial charge in [0.25, 0.3) is 0 Å². The van der Waals surface area contributed by atoms with Gasteiger partial charge in [0.2, 0.25) is 0 Å². The molecule has 0 saturated carbocycles. The Hall–Kier alpha value is -2.86. The van der Waals surface area contributed by atoms with Gasteiger partial charge in [0.05, 0.1) is 0 Å². The number of benzene rings is 5. The lowest BCUT2D eigenvalue weighted by Crippen LogP contribution is -1.87. The van der Waals surface area contributed by atoms with Crippen LogP contribution >= 0.6 is 0 Å². The quantitative estimate of drug-likeness (QED) is 0.327. The van der Waals surface area contributed by atoms with Gasteiger partial charge in [0.15, 0.2) is 0 Å². The monoisotopic (exact) mass is 277 g/mol. The maximum absolute atomic E-state index is 3.65. The van der Waals surface area contributed by atoms with E-state index in [9.17, 15) is 0 Å². The average molecular weight is 277 g/mol. The van der Waals surface area contributed by atoms with Crippen molar-refractivity contribution in [2.45, 2.75) is 0 Å². The number of rotatable bonds is 1. The largest absolute Gasteiger partial charge is 0.0622 e. The van der Waals surface area contributed by atoms with Gasteiger partial charge < -0.3 is 0 Å². The zero-order chi connectivity index (χ0) is 14.5. The molecule has 0 atom stereocenters. The molecule has 0 amide bonds. The molecular weight excluding hydrogens is 264 g/mol. The lowest BCUT2D eigenvalue weighted by Gasteiger charge is -2.14. The van der Waals surface area contributed by atoms with E-state index in [1.807, 2.05) is 0 Å². The Balaban J connectivity index is 2.07. The van der Waals surface area contributed by atoms with Gasteiger partial charge >= 0.3 is 0 Å². The highest BCUT2D eigenvalue weighted by Gasteiger charge is 2.12. The predicted molar refractivity (Wildman–Crippen MR) is 94.4 cm³/mol. The molecule has 5 aromatic carbocycles. The molecule has 5 rings (SSSR count). The summed E-state index contributed by atoms with van der Waals surface area (Å²) in [5.41, 5.74) is 2.42. The lowest BCUT2D eigenvalue weighted by atomic mass is 9.89. The molecule has 0 heteroatoms. The standard InChI is InChI=1S/C22H13/c1-2-6-15(7-3-1)20-14-18-10-4-8-16-12-13-17-9-5-11-19(20)22(17)21(16)18/h1-13H. The van der Waals surface area contributed by atoms with E-state index in [1.165, 1.54) is 43.4 Å². The minimum atomic E-state index is 1.19. The predicted octanol–water partition coefficient (Wildman–Crippen LogP) is 6.05. The van der Waals surface area contributed by atoms with Crippen molar-refractivity contribution in [2.75, 3.05) is 0 Å². The van der Waals surface area contributed by atoms with Crippen LogP contribution in [-0.2, 0) is 0 Å². The Labute approximate surface area is 129 Å². The average Bonchev–Trinajstić information content (AvgIpc) is 2.60.